The van der Waals surface area contributed by atoms with E-state index < -0.39 is 17.8 Å². The van der Waals surface area contributed by atoms with Crippen molar-refractivity contribution in [3.8, 4) is 11.1 Å². The Kier molecular flexibility index (Phi) is 5.58. The molecule has 36 heavy (non-hydrogen) atoms. The van der Waals surface area contributed by atoms with Crippen LogP contribution in [0, 0.1) is 5.41 Å². The summed E-state index contributed by atoms with van der Waals surface area (Å²) in [6.45, 7) is 0. The van der Waals surface area contributed by atoms with Gasteiger partial charge < -0.3 is 15.8 Å². The molecule has 1 aromatic carbocycles. The monoisotopic (exact) mass is 495 g/mol. The van der Waals surface area contributed by atoms with Gasteiger partial charge in [0.25, 0.3) is 0 Å². The molecule has 0 unspecified atom stereocenters. The van der Waals surface area contributed by atoms with Crippen molar-refractivity contribution >= 4 is 35.2 Å². The van der Waals surface area contributed by atoms with Gasteiger partial charge in [-0.2, -0.15) is 18.3 Å². The van der Waals surface area contributed by atoms with E-state index in [2.05, 4.69) is 25.7 Å². The fourth-order valence-electron chi connectivity index (χ4n) is 4.09. The molecule has 1 aliphatic rings. The Morgan fingerprint density at radius 2 is 1.89 bits per heavy atom. The molecule has 0 spiro atoms. The zero-order chi connectivity index (χ0) is 25.5. The number of pyridine rings is 1. The standard InChI is InChI=1S/C24H20F3N7O2/c25-24(26,27)16-5-8-29-18(9-16)33-22(36)32-17-3-1-14(2-4-17)19-15(10-23(12-35)6-7-23)11-34-20(19)21(28)30-13-31-34/h1-5,8-9,11-13H,6-7,10H2,(H2,28,30,31)(H2,29,32,33,36). The van der Waals surface area contributed by atoms with Crippen LogP contribution in [0.15, 0.2) is 55.1 Å². The number of hydrogen-bond donors (Lipinski definition) is 3. The van der Waals surface area contributed by atoms with Gasteiger partial charge in [-0.05, 0) is 54.7 Å². The molecular formula is C24H20F3N7O2. The van der Waals surface area contributed by atoms with Gasteiger partial charge >= 0.3 is 12.2 Å². The number of rotatable bonds is 6. The lowest BCUT2D eigenvalue weighted by Gasteiger charge is -2.11. The molecule has 0 atom stereocenters. The molecule has 3 heterocycles. The lowest BCUT2D eigenvalue weighted by molar-refractivity contribution is -0.137. The van der Waals surface area contributed by atoms with Crippen molar-refractivity contribution in [1.82, 2.24) is 19.6 Å². The number of nitrogens with zero attached hydrogens (tertiary/aromatic N) is 4. The average Bonchev–Trinajstić information content (AvgIpc) is 3.51. The minimum Gasteiger partial charge on any atom is -0.382 e. The van der Waals surface area contributed by atoms with Crippen LogP contribution in [0.3, 0.4) is 0 Å². The minimum absolute atomic E-state index is 0.233. The summed E-state index contributed by atoms with van der Waals surface area (Å²) in [6.07, 6.45) is 2.80. The largest absolute Gasteiger partial charge is 0.416 e. The highest BCUT2D eigenvalue weighted by Gasteiger charge is 2.43. The highest BCUT2D eigenvalue weighted by atomic mass is 19.4. The third kappa shape index (κ3) is 4.57. The van der Waals surface area contributed by atoms with Gasteiger partial charge in [-0.15, -0.1) is 0 Å². The van der Waals surface area contributed by atoms with Crippen LogP contribution in [0.1, 0.15) is 24.0 Å². The van der Waals surface area contributed by atoms with Crippen molar-refractivity contribution in [2.24, 2.45) is 5.41 Å². The molecule has 3 aromatic heterocycles. The van der Waals surface area contributed by atoms with Crippen LogP contribution in [0.5, 0.6) is 0 Å². The van der Waals surface area contributed by atoms with Gasteiger partial charge in [0.05, 0.1) is 5.56 Å². The number of nitrogens with two attached hydrogens (primary N) is 1. The second-order valence-electron chi connectivity index (χ2n) is 8.71. The van der Waals surface area contributed by atoms with Crippen molar-refractivity contribution in [2.45, 2.75) is 25.4 Å². The summed E-state index contributed by atoms with van der Waals surface area (Å²) in [5.74, 6) is 0.0564. The highest BCUT2D eigenvalue weighted by Crippen LogP contribution is 2.48. The second-order valence-corrected chi connectivity index (χ2v) is 8.71. The van der Waals surface area contributed by atoms with E-state index in [0.29, 0.717) is 17.6 Å². The zero-order valence-corrected chi connectivity index (χ0v) is 18.7. The molecule has 0 bridgehead atoms. The summed E-state index contributed by atoms with van der Waals surface area (Å²) in [7, 11) is 0. The third-order valence-corrected chi connectivity index (χ3v) is 6.13. The first-order valence-electron chi connectivity index (χ1n) is 11.0. The summed E-state index contributed by atoms with van der Waals surface area (Å²) in [6, 6.07) is 7.65. The molecule has 184 valence electrons. The normalized spacial score (nSPS) is 14.4. The molecule has 1 aliphatic carbocycles. The van der Waals surface area contributed by atoms with Crippen LogP contribution < -0.4 is 16.4 Å². The summed E-state index contributed by atoms with van der Waals surface area (Å²) in [5, 5.41) is 9.10. The van der Waals surface area contributed by atoms with Crippen LogP contribution in [-0.2, 0) is 17.4 Å². The Bertz CT molecular complexity index is 1460. The number of urea groups is 1. The number of hydrogen-bond acceptors (Lipinski definition) is 6. The van der Waals surface area contributed by atoms with Gasteiger partial charge in [-0.3, -0.25) is 5.32 Å². The number of nitrogens with one attached hydrogen (secondary N) is 2. The third-order valence-electron chi connectivity index (χ3n) is 6.13. The number of halogens is 3. The molecule has 1 fully saturated rings. The van der Waals surface area contributed by atoms with E-state index in [1.54, 1.807) is 28.8 Å². The number of nitrogen functional groups attached to an aromatic ring is 1. The molecule has 1 saturated carbocycles. The zero-order valence-electron chi connectivity index (χ0n) is 18.7. The van der Waals surface area contributed by atoms with E-state index in [0.717, 1.165) is 54.1 Å². The summed E-state index contributed by atoms with van der Waals surface area (Å²) >= 11 is 0. The van der Waals surface area contributed by atoms with E-state index in [1.807, 2.05) is 6.20 Å². The maximum atomic E-state index is 12.9. The number of aldehydes is 1. The van der Waals surface area contributed by atoms with Crippen molar-refractivity contribution in [3.63, 3.8) is 0 Å². The van der Waals surface area contributed by atoms with Crippen molar-refractivity contribution in [1.29, 1.82) is 0 Å². The SMILES string of the molecule is Nc1ncnn2cc(CC3(C=O)CC3)c(-c3ccc(NC(=O)Nc4cc(C(F)(F)F)ccn4)cc3)c12. The molecule has 2 amide bonds. The first-order chi connectivity index (χ1) is 17.2. The van der Waals surface area contributed by atoms with Crippen LogP contribution in [0.4, 0.5) is 35.3 Å². The van der Waals surface area contributed by atoms with Crippen molar-refractivity contribution in [2.75, 3.05) is 16.4 Å². The molecule has 5 rings (SSSR count). The number of aromatic nitrogens is 4. The second kappa shape index (κ2) is 8.63. The predicted molar refractivity (Wildman–Crippen MR) is 126 cm³/mol. The number of carbonyl (C=O) groups is 2. The van der Waals surface area contributed by atoms with E-state index >= 15 is 0 Å². The average molecular weight is 495 g/mol. The molecular weight excluding hydrogens is 475 g/mol. The summed E-state index contributed by atoms with van der Waals surface area (Å²) in [5.41, 5.74) is 8.35. The molecule has 4 N–H and O–H groups in total. The number of anilines is 3. The Morgan fingerprint density at radius 1 is 1.14 bits per heavy atom. The Hall–Kier alpha value is -4.48. The Morgan fingerprint density at radius 3 is 2.56 bits per heavy atom. The first-order valence-corrected chi connectivity index (χ1v) is 11.0. The molecule has 4 aromatic rings. The molecule has 0 saturated heterocycles. The quantitative estimate of drug-likeness (QED) is 0.337. The molecule has 0 radical (unpaired) electrons. The number of fused-ring (bicyclic) bond motifs is 1. The van der Waals surface area contributed by atoms with Crippen LogP contribution in [-0.4, -0.2) is 31.9 Å². The first kappa shape index (κ1) is 23.3. The maximum Gasteiger partial charge on any atom is 0.416 e. The molecule has 0 aliphatic heterocycles. The van der Waals surface area contributed by atoms with Gasteiger partial charge in [-0.25, -0.2) is 19.3 Å². The predicted octanol–water partition coefficient (Wildman–Crippen LogP) is 4.56. The van der Waals surface area contributed by atoms with Crippen LogP contribution in [0.25, 0.3) is 16.6 Å². The van der Waals surface area contributed by atoms with E-state index in [4.69, 9.17) is 5.73 Å². The topological polar surface area (TPSA) is 127 Å². The fourth-order valence-corrected chi connectivity index (χ4v) is 4.09. The number of carbonyl (C=O) groups excluding carboxylic acids is 2. The van der Waals surface area contributed by atoms with E-state index in [-0.39, 0.29) is 17.1 Å². The van der Waals surface area contributed by atoms with Gasteiger partial charge in [0.15, 0.2) is 5.82 Å². The fraction of sp³-hybridized carbons (Fsp3) is 0.208. The van der Waals surface area contributed by atoms with Crippen molar-refractivity contribution < 1.29 is 22.8 Å². The van der Waals surface area contributed by atoms with Gasteiger partial charge in [0, 0.05) is 29.1 Å². The lowest BCUT2D eigenvalue weighted by Crippen LogP contribution is -2.20. The maximum absolute atomic E-state index is 12.9. The smallest absolute Gasteiger partial charge is 0.382 e. The van der Waals surface area contributed by atoms with Crippen LogP contribution >= 0.6 is 0 Å². The van der Waals surface area contributed by atoms with E-state index in [9.17, 15) is 22.8 Å². The van der Waals surface area contributed by atoms with Gasteiger partial charge in [-0.1, -0.05) is 12.1 Å². The number of benzene rings is 1. The van der Waals surface area contributed by atoms with Gasteiger partial charge in [0.2, 0.25) is 0 Å². The van der Waals surface area contributed by atoms with Crippen LogP contribution in [0.2, 0.25) is 0 Å². The van der Waals surface area contributed by atoms with Crippen molar-refractivity contribution in [3.05, 3.63) is 66.2 Å². The van der Waals surface area contributed by atoms with E-state index in [1.165, 1.54) is 6.33 Å². The number of amides is 2. The Balaban J connectivity index is 1.38. The molecule has 12 heteroatoms. The van der Waals surface area contributed by atoms with Gasteiger partial charge in [0.1, 0.15) is 23.9 Å². The molecule has 9 nitrogen and oxygen atoms in total. The lowest BCUT2D eigenvalue weighted by atomic mass is 9.93. The highest BCUT2D eigenvalue weighted by molar-refractivity contribution is 5.99. The number of alkyl halides is 3. The summed E-state index contributed by atoms with van der Waals surface area (Å²) in [4.78, 5) is 31.8. The Labute approximate surface area is 202 Å². The minimum atomic E-state index is -4.55. The summed E-state index contributed by atoms with van der Waals surface area (Å²) < 4.78 is 40.3.